The normalized spacial score (nSPS) is 13.1. The Morgan fingerprint density at radius 3 is 2.44 bits per heavy atom. The van der Waals surface area contributed by atoms with Gasteiger partial charge in [-0.3, -0.25) is 4.79 Å². The molecule has 1 rings (SSSR count). The first kappa shape index (κ1) is 13.4. The van der Waals surface area contributed by atoms with E-state index < -0.39 is 0 Å². The fraction of sp³-hybridized carbons (Fsp3) is 0.615. The number of hydrogen-bond donors (Lipinski definition) is 0. The first-order valence-electron chi connectivity index (χ1n) is 5.71. The van der Waals surface area contributed by atoms with E-state index in [2.05, 4.69) is 19.1 Å². The van der Waals surface area contributed by atoms with E-state index in [1.165, 1.54) is 4.88 Å². The Morgan fingerprint density at radius 2 is 2.00 bits per heavy atom. The number of ether oxygens (including phenoxy) is 1. The second-order valence-corrected chi connectivity index (χ2v) is 5.52. The van der Waals surface area contributed by atoms with Crippen molar-refractivity contribution < 1.29 is 9.53 Å². The first-order chi connectivity index (χ1) is 7.58. The molecule has 1 heterocycles. The number of Topliss-reactive ketones (excluding diaryl/α,β-unsaturated/α-hetero) is 1. The van der Waals surface area contributed by atoms with E-state index in [1.807, 2.05) is 13.8 Å². The topological polar surface area (TPSA) is 26.3 Å². The van der Waals surface area contributed by atoms with Crippen molar-refractivity contribution in [1.29, 1.82) is 0 Å². The van der Waals surface area contributed by atoms with Crippen molar-refractivity contribution in [2.45, 2.75) is 39.7 Å². The predicted octanol–water partition coefficient (Wildman–Crippen LogP) is 3.09. The average Bonchev–Trinajstić information content (AvgIpc) is 2.65. The van der Waals surface area contributed by atoms with Crippen LogP contribution in [0.1, 0.15) is 30.5 Å². The van der Waals surface area contributed by atoms with Crippen LogP contribution in [-0.2, 0) is 22.4 Å². The summed E-state index contributed by atoms with van der Waals surface area (Å²) in [5.74, 6) is 0.421. The minimum absolute atomic E-state index is 0.182. The third-order valence-corrected chi connectivity index (χ3v) is 3.82. The van der Waals surface area contributed by atoms with Crippen LogP contribution in [0.25, 0.3) is 0 Å². The lowest BCUT2D eigenvalue weighted by Gasteiger charge is -2.17. The molecule has 0 radical (unpaired) electrons. The average molecular weight is 240 g/mol. The summed E-state index contributed by atoms with van der Waals surface area (Å²) >= 11 is 1.72. The largest absolute Gasteiger partial charge is 0.373 e. The van der Waals surface area contributed by atoms with E-state index in [-0.39, 0.29) is 17.8 Å². The van der Waals surface area contributed by atoms with Gasteiger partial charge in [-0.15, -0.1) is 11.3 Å². The van der Waals surface area contributed by atoms with Gasteiger partial charge in [0, 0.05) is 23.3 Å². The maximum atomic E-state index is 12.0. The Morgan fingerprint density at radius 1 is 1.38 bits per heavy atom. The van der Waals surface area contributed by atoms with E-state index >= 15 is 0 Å². The van der Waals surface area contributed by atoms with Crippen molar-refractivity contribution >= 4 is 17.1 Å². The zero-order valence-corrected chi connectivity index (χ0v) is 11.3. The summed E-state index contributed by atoms with van der Waals surface area (Å²) in [6, 6.07) is 4.15. The smallest absolute Gasteiger partial charge is 0.166 e. The molecule has 16 heavy (non-hydrogen) atoms. The van der Waals surface area contributed by atoms with E-state index in [1.54, 1.807) is 18.4 Å². The number of thiophene rings is 1. The standard InChI is InChI=1S/C13H20O2S/c1-5-10-6-7-11(16-10)8-12(14)13(15-4)9(2)3/h6-7,9,13H,5,8H2,1-4H3. The molecular weight excluding hydrogens is 220 g/mol. The van der Waals surface area contributed by atoms with Crippen LogP contribution < -0.4 is 0 Å². The summed E-state index contributed by atoms with van der Waals surface area (Å²) in [6.45, 7) is 6.15. The molecule has 1 aromatic heterocycles. The summed E-state index contributed by atoms with van der Waals surface area (Å²) in [5.41, 5.74) is 0. The highest BCUT2D eigenvalue weighted by atomic mass is 32.1. The van der Waals surface area contributed by atoms with E-state index in [9.17, 15) is 4.79 Å². The SMILES string of the molecule is CCc1ccc(CC(=O)C(OC)C(C)C)s1. The molecule has 0 N–H and O–H groups in total. The van der Waals surface area contributed by atoms with Gasteiger partial charge in [0.25, 0.3) is 0 Å². The number of ketones is 1. The summed E-state index contributed by atoms with van der Waals surface area (Å²) < 4.78 is 5.23. The molecule has 0 aliphatic rings. The van der Waals surface area contributed by atoms with Gasteiger partial charge in [0.2, 0.25) is 0 Å². The maximum Gasteiger partial charge on any atom is 0.166 e. The van der Waals surface area contributed by atoms with Gasteiger partial charge in [0.1, 0.15) is 6.10 Å². The minimum atomic E-state index is -0.271. The third kappa shape index (κ3) is 3.42. The lowest BCUT2D eigenvalue weighted by molar-refractivity contribution is -0.130. The number of methoxy groups -OCH3 is 1. The molecule has 0 bridgehead atoms. The van der Waals surface area contributed by atoms with Gasteiger partial charge in [0.15, 0.2) is 5.78 Å². The Hall–Kier alpha value is -0.670. The highest BCUT2D eigenvalue weighted by Crippen LogP contribution is 2.19. The molecule has 2 nitrogen and oxygen atoms in total. The molecule has 1 aromatic rings. The zero-order valence-electron chi connectivity index (χ0n) is 10.4. The Labute approximate surface area is 102 Å². The summed E-state index contributed by atoms with van der Waals surface area (Å²) in [4.78, 5) is 14.4. The van der Waals surface area contributed by atoms with Crippen LogP contribution in [0.5, 0.6) is 0 Å². The molecule has 0 fully saturated rings. The molecule has 0 aliphatic heterocycles. The highest BCUT2D eigenvalue weighted by molar-refractivity contribution is 7.12. The van der Waals surface area contributed by atoms with Gasteiger partial charge < -0.3 is 4.74 Å². The highest BCUT2D eigenvalue weighted by Gasteiger charge is 2.21. The molecule has 0 spiro atoms. The minimum Gasteiger partial charge on any atom is -0.373 e. The van der Waals surface area contributed by atoms with Gasteiger partial charge in [-0.1, -0.05) is 20.8 Å². The molecular formula is C13H20O2S. The number of hydrogen-bond acceptors (Lipinski definition) is 3. The van der Waals surface area contributed by atoms with Gasteiger partial charge in [-0.25, -0.2) is 0 Å². The Kier molecular flexibility index (Phi) is 5.16. The molecule has 1 unspecified atom stereocenters. The molecule has 0 aromatic carbocycles. The Bertz CT molecular complexity index is 341. The van der Waals surface area contributed by atoms with Crippen molar-refractivity contribution in [1.82, 2.24) is 0 Å². The van der Waals surface area contributed by atoms with Gasteiger partial charge in [-0.05, 0) is 24.5 Å². The van der Waals surface area contributed by atoms with Gasteiger partial charge in [0.05, 0.1) is 0 Å². The van der Waals surface area contributed by atoms with Crippen molar-refractivity contribution in [2.24, 2.45) is 5.92 Å². The monoisotopic (exact) mass is 240 g/mol. The van der Waals surface area contributed by atoms with Crippen LogP contribution in [-0.4, -0.2) is 19.0 Å². The Balaban J connectivity index is 2.62. The summed E-state index contributed by atoms with van der Waals surface area (Å²) in [7, 11) is 1.61. The van der Waals surface area contributed by atoms with E-state index in [4.69, 9.17) is 4.74 Å². The van der Waals surface area contributed by atoms with Crippen LogP contribution in [0.2, 0.25) is 0 Å². The molecule has 0 aliphatic carbocycles. The van der Waals surface area contributed by atoms with Gasteiger partial charge >= 0.3 is 0 Å². The second-order valence-electron chi connectivity index (χ2n) is 4.26. The number of carbonyl (C=O) groups is 1. The van der Waals surface area contributed by atoms with Crippen molar-refractivity contribution in [3.63, 3.8) is 0 Å². The maximum absolute atomic E-state index is 12.0. The van der Waals surface area contributed by atoms with Gasteiger partial charge in [-0.2, -0.15) is 0 Å². The second kappa shape index (κ2) is 6.16. The van der Waals surface area contributed by atoms with Crippen molar-refractivity contribution in [2.75, 3.05) is 7.11 Å². The quantitative estimate of drug-likeness (QED) is 0.763. The molecule has 3 heteroatoms. The summed E-state index contributed by atoms with van der Waals surface area (Å²) in [5, 5.41) is 0. The van der Waals surface area contributed by atoms with Crippen molar-refractivity contribution in [3.8, 4) is 0 Å². The fourth-order valence-electron chi connectivity index (χ4n) is 1.76. The fourth-order valence-corrected chi connectivity index (χ4v) is 2.72. The molecule has 1 atom stereocenters. The van der Waals surface area contributed by atoms with Crippen LogP contribution >= 0.6 is 11.3 Å². The number of carbonyl (C=O) groups excluding carboxylic acids is 1. The van der Waals surface area contributed by atoms with E-state index in [0.29, 0.717) is 6.42 Å². The van der Waals surface area contributed by atoms with E-state index in [0.717, 1.165) is 11.3 Å². The lowest BCUT2D eigenvalue weighted by Crippen LogP contribution is -2.29. The molecule has 0 amide bonds. The molecule has 0 saturated carbocycles. The summed E-state index contributed by atoms with van der Waals surface area (Å²) in [6.07, 6.45) is 1.27. The third-order valence-electron chi connectivity index (χ3n) is 2.59. The lowest BCUT2D eigenvalue weighted by atomic mass is 10.0. The first-order valence-corrected chi connectivity index (χ1v) is 6.53. The van der Waals surface area contributed by atoms with Crippen LogP contribution in [0.4, 0.5) is 0 Å². The zero-order chi connectivity index (χ0) is 12.1. The van der Waals surface area contributed by atoms with Crippen LogP contribution in [0.15, 0.2) is 12.1 Å². The predicted molar refractivity (Wildman–Crippen MR) is 68.0 cm³/mol. The van der Waals surface area contributed by atoms with Crippen molar-refractivity contribution in [3.05, 3.63) is 21.9 Å². The van der Waals surface area contributed by atoms with Crippen LogP contribution in [0.3, 0.4) is 0 Å². The van der Waals surface area contributed by atoms with Crippen LogP contribution in [0, 0.1) is 5.92 Å². The number of rotatable bonds is 6. The number of aryl methyl sites for hydroxylation is 1. The molecule has 90 valence electrons. The molecule has 0 saturated heterocycles.